The Bertz CT molecular complexity index is 319. The first-order chi connectivity index (χ1) is 7.20. The molecule has 15 heavy (non-hydrogen) atoms. The molecule has 0 aromatic heterocycles. The number of nitrogens with zero attached hydrogens (tertiary/aromatic N) is 1. The predicted octanol–water partition coefficient (Wildman–Crippen LogP) is 1.70. The average molecular weight is 272 g/mol. The average Bonchev–Trinajstić information content (AvgIpc) is 2.15. The molecule has 2 aliphatic rings. The molecule has 0 N–H and O–H groups in total. The molecule has 4 heteroatoms. The molecule has 0 bridgehead atoms. The number of hydrogen-bond acceptors (Lipinski definition) is 3. The Morgan fingerprint density at radius 2 is 2.33 bits per heavy atom. The quantitative estimate of drug-likeness (QED) is 0.716. The summed E-state index contributed by atoms with van der Waals surface area (Å²) in [6, 6.07) is 0.435. The molecule has 0 aromatic rings. The van der Waals surface area contributed by atoms with Gasteiger partial charge < -0.3 is 4.74 Å². The van der Waals surface area contributed by atoms with Crippen molar-refractivity contribution in [3.8, 4) is 0 Å². The largest absolute Gasteiger partial charge is 0.469 e. The lowest BCUT2D eigenvalue weighted by atomic mass is 9.95. The van der Waals surface area contributed by atoms with Crippen molar-refractivity contribution in [3.05, 3.63) is 22.7 Å². The topological polar surface area (TPSA) is 29.5 Å². The lowest BCUT2D eigenvalue weighted by molar-refractivity contribution is -0.151. The van der Waals surface area contributed by atoms with Crippen molar-refractivity contribution >= 4 is 21.9 Å². The highest BCUT2D eigenvalue weighted by Gasteiger charge is 2.36. The summed E-state index contributed by atoms with van der Waals surface area (Å²) < 4.78 is 5.83. The molecule has 82 valence electrons. The number of carbonyl (C=O) groups is 1. The predicted molar refractivity (Wildman–Crippen MR) is 61.6 cm³/mol. The normalized spacial score (nSPS) is 27.1. The Morgan fingerprint density at radius 1 is 1.60 bits per heavy atom. The fraction of sp³-hybridized carbons (Fsp3) is 0.545. The summed E-state index contributed by atoms with van der Waals surface area (Å²) >= 11 is 3.46. The van der Waals surface area contributed by atoms with Gasteiger partial charge in [-0.1, -0.05) is 34.2 Å². The summed E-state index contributed by atoms with van der Waals surface area (Å²) in [5, 5.41) is 0. The number of allylic oxidation sites excluding steroid dienone is 2. The van der Waals surface area contributed by atoms with Crippen LogP contribution < -0.4 is 0 Å². The minimum absolute atomic E-state index is 0.0769. The lowest BCUT2D eigenvalue weighted by Gasteiger charge is -2.42. The molecule has 0 spiro atoms. The van der Waals surface area contributed by atoms with E-state index in [1.54, 1.807) is 0 Å². The maximum Gasteiger partial charge on any atom is 0.311 e. The van der Waals surface area contributed by atoms with Crippen LogP contribution in [0.15, 0.2) is 22.7 Å². The van der Waals surface area contributed by atoms with E-state index in [9.17, 15) is 4.79 Å². The molecular weight excluding hydrogens is 258 g/mol. The van der Waals surface area contributed by atoms with E-state index in [1.165, 1.54) is 7.11 Å². The lowest BCUT2D eigenvalue weighted by Crippen LogP contribution is -2.54. The summed E-state index contributed by atoms with van der Waals surface area (Å²) in [5.74, 6) is -0.00581. The molecular formula is C11H14BrNO2. The Kier molecular flexibility index (Phi) is 3.26. The van der Waals surface area contributed by atoms with Gasteiger partial charge in [-0.25, -0.2) is 0 Å². The van der Waals surface area contributed by atoms with Crippen LogP contribution in [0.5, 0.6) is 0 Å². The van der Waals surface area contributed by atoms with E-state index in [4.69, 9.17) is 4.74 Å². The first-order valence-corrected chi connectivity index (χ1v) is 5.85. The molecule has 2 rings (SSSR count). The van der Waals surface area contributed by atoms with Crippen LogP contribution in [-0.4, -0.2) is 37.1 Å². The van der Waals surface area contributed by atoms with Gasteiger partial charge in [0.05, 0.1) is 13.0 Å². The van der Waals surface area contributed by atoms with Crippen molar-refractivity contribution in [1.29, 1.82) is 0 Å². The maximum atomic E-state index is 11.2. The minimum Gasteiger partial charge on any atom is -0.469 e. The van der Waals surface area contributed by atoms with E-state index in [0.29, 0.717) is 6.04 Å². The van der Waals surface area contributed by atoms with Gasteiger partial charge in [0.15, 0.2) is 0 Å². The van der Waals surface area contributed by atoms with E-state index in [0.717, 1.165) is 24.0 Å². The van der Waals surface area contributed by atoms with Gasteiger partial charge in [0.1, 0.15) is 0 Å². The monoisotopic (exact) mass is 271 g/mol. The molecule has 0 aromatic carbocycles. The first kappa shape index (κ1) is 10.9. The molecule has 0 saturated carbocycles. The van der Waals surface area contributed by atoms with Crippen molar-refractivity contribution in [3.63, 3.8) is 0 Å². The number of hydrogen-bond donors (Lipinski definition) is 0. The molecule has 1 heterocycles. The van der Waals surface area contributed by atoms with Crippen LogP contribution in [0.1, 0.15) is 6.42 Å². The van der Waals surface area contributed by atoms with Crippen molar-refractivity contribution in [2.75, 3.05) is 20.2 Å². The van der Waals surface area contributed by atoms with E-state index in [-0.39, 0.29) is 11.9 Å². The third-order valence-electron chi connectivity index (χ3n) is 2.92. The summed E-state index contributed by atoms with van der Waals surface area (Å²) in [6.45, 7) is 1.64. The van der Waals surface area contributed by atoms with E-state index < -0.39 is 0 Å². The third-order valence-corrected chi connectivity index (χ3v) is 3.45. The van der Waals surface area contributed by atoms with Crippen LogP contribution in [0.3, 0.4) is 0 Å². The van der Waals surface area contributed by atoms with E-state index >= 15 is 0 Å². The fourth-order valence-corrected chi connectivity index (χ4v) is 2.47. The van der Waals surface area contributed by atoms with E-state index in [1.807, 2.05) is 0 Å². The molecule has 3 nitrogen and oxygen atoms in total. The Hall–Kier alpha value is -0.610. The van der Waals surface area contributed by atoms with Crippen LogP contribution in [0.4, 0.5) is 0 Å². The Balaban J connectivity index is 1.85. The molecule has 1 aliphatic carbocycles. The van der Waals surface area contributed by atoms with Gasteiger partial charge in [-0.05, 0) is 6.42 Å². The fourth-order valence-electron chi connectivity index (χ4n) is 1.98. The summed E-state index contributed by atoms with van der Waals surface area (Å²) in [4.78, 5) is 13.5. The summed E-state index contributed by atoms with van der Waals surface area (Å²) in [7, 11) is 1.45. The highest BCUT2D eigenvalue weighted by atomic mass is 79.9. The number of likely N-dealkylation sites (tertiary alicyclic amines) is 1. The second-order valence-corrected chi connectivity index (χ2v) is 4.85. The Morgan fingerprint density at radius 3 is 2.93 bits per heavy atom. The van der Waals surface area contributed by atoms with Crippen LogP contribution >= 0.6 is 15.9 Å². The Labute approximate surface area is 97.9 Å². The molecule has 1 atom stereocenters. The van der Waals surface area contributed by atoms with Crippen molar-refractivity contribution in [2.24, 2.45) is 5.92 Å². The first-order valence-electron chi connectivity index (χ1n) is 5.06. The highest BCUT2D eigenvalue weighted by molar-refractivity contribution is 9.11. The van der Waals surface area contributed by atoms with Crippen molar-refractivity contribution in [2.45, 2.75) is 12.5 Å². The standard InChI is InChI=1S/C11H14BrNO2/c1-15-11(14)8-6-13(7-8)10-4-2-3-9(12)5-10/h2-3,5,8,10H,4,6-7H2,1H3/t10-/m1/s1. The number of methoxy groups -OCH3 is 1. The van der Waals surface area contributed by atoms with Crippen LogP contribution in [0.2, 0.25) is 0 Å². The van der Waals surface area contributed by atoms with Gasteiger partial charge in [0.25, 0.3) is 0 Å². The number of carbonyl (C=O) groups excluding carboxylic acids is 1. The number of ether oxygens (including phenoxy) is 1. The minimum atomic E-state index is -0.0827. The van der Waals surface area contributed by atoms with Crippen LogP contribution in [-0.2, 0) is 9.53 Å². The second-order valence-electron chi connectivity index (χ2n) is 3.93. The smallest absolute Gasteiger partial charge is 0.311 e. The number of esters is 1. The van der Waals surface area contributed by atoms with Gasteiger partial charge in [-0.15, -0.1) is 0 Å². The van der Waals surface area contributed by atoms with Gasteiger partial charge in [0, 0.05) is 23.6 Å². The second kappa shape index (κ2) is 4.49. The molecule has 0 unspecified atom stereocenters. The van der Waals surface area contributed by atoms with Gasteiger partial charge in [0.2, 0.25) is 0 Å². The highest BCUT2D eigenvalue weighted by Crippen LogP contribution is 2.26. The SMILES string of the molecule is COC(=O)C1CN([C@H]2C=C(Br)C=CC2)C1. The van der Waals surface area contributed by atoms with Crippen molar-refractivity contribution in [1.82, 2.24) is 4.90 Å². The van der Waals surface area contributed by atoms with Crippen LogP contribution in [0.25, 0.3) is 0 Å². The molecule has 0 radical (unpaired) electrons. The van der Waals surface area contributed by atoms with Gasteiger partial charge in [-0.3, -0.25) is 9.69 Å². The summed E-state index contributed by atoms with van der Waals surface area (Å²) in [5.41, 5.74) is 0. The molecule has 0 amide bonds. The molecule has 1 aliphatic heterocycles. The third kappa shape index (κ3) is 2.32. The zero-order valence-corrected chi connectivity index (χ0v) is 10.2. The molecule has 1 fully saturated rings. The number of halogens is 1. The zero-order chi connectivity index (χ0) is 10.8. The van der Waals surface area contributed by atoms with Gasteiger partial charge >= 0.3 is 5.97 Å². The summed E-state index contributed by atoms with van der Waals surface area (Å²) in [6.07, 6.45) is 7.44. The van der Waals surface area contributed by atoms with Gasteiger partial charge in [-0.2, -0.15) is 0 Å². The maximum absolute atomic E-state index is 11.2. The van der Waals surface area contributed by atoms with E-state index in [2.05, 4.69) is 39.1 Å². The zero-order valence-electron chi connectivity index (χ0n) is 8.65. The number of rotatable bonds is 2. The van der Waals surface area contributed by atoms with Crippen molar-refractivity contribution < 1.29 is 9.53 Å². The molecule has 1 saturated heterocycles. The van der Waals surface area contributed by atoms with Crippen LogP contribution in [0, 0.1) is 5.92 Å².